The van der Waals surface area contributed by atoms with E-state index in [4.69, 9.17) is 4.99 Å². The second-order valence-corrected chi connectivity index (χ2v) is 10.5. The fourth-order valence-corrected chi connectivity index (χ4v) is 5.99. The number of benzene rings is 2. The molecule has 0 fully saturated rings. The van der Waals surface area contributed by atoms with Crippen LogP contribution in [-0.2, 0) is 10.0 Å². The lowest BCUT2D eigenvalue weighted by Gasteiger charge is -2.37. The average molecular weight is 409 g/mol. The predicted octanol–water partition coefficient (Wildman–Crippen LogP) is 4.95. The Balaban J connectivity index is 1.97. The second-order valence-electron chi connectivity index (χ2n) is 8.70. The number of aryl methyl sites for hydroxylation is 1. The van der Waals surface area contributed by atoms with Gasteiger partial charge < -0.3 is 0 Å². The topological polar surface area (TPSA) is 49.7 Å². The minimum absolute atomic E-state index is 0.221. The van der Waals surface area contributed by atoms with Crippen molar-refractivity contribution in [2.45, 2.75) is 57.0 Å². The van der Waals surface area contributed by atoms with Crippen molar-refractivity contribution in [2.24, 2.45) is 10.9 Å². The van der Waals surface area contributed by atoms with Crippen LogP contribution in [0.4, 0.5) is 0 Å². The number of fused-ring (bicyclic) bond motifs is 2. The SMILES string of the molecule is CC1=CC[C@H]2C[C@@H]1N(S(=O)(=O)c1ccc(C)cc1)C(c1ccccc1)=NC2(C)C. The van der Waals surface area contributed by atoms with Crippen LogP contribution in [0.2, 0.25) is 0 Å². The summed E-state index contributed by atoms with van der Waals surface area (Å²) in [5, 5.41) is 0. The highest BCUT2D eigenvalue weighted by Gasteiger charge is 2.45. The molecule has 2 bridgehead atoms. The number of sulfonamides is 1. The zero-order valence-electron chi connectivity index (χ0n) is 17.5. The Morgan fingerprint density at radius 2 is 1.66 bits per heavy atom. The number of amidine groups is 1. The van der Waals surface area contributed by atoms with Gasteiger partial charge in [0.2, 0.25) is 0 Å². The molecule has 0 spiro atoms. The van der Waals surface area contributed by atoms with Crippen LogP contribution < -0.4 is 0 Å². The lowest BCUT2D eigenvalue weighted by atomic mass is 9.76. The first-order valence-corrected chi connectivity index (χ1v) is 11.6. The summed E-state index contributed by atoms with van der Waals surface area (Å²) in [6.07, 6.45) is 3.90. The normalized spacial score (nSPS) is 23.8. The van der Waals surface area contributed by atoms with E-state index in [0.717, 1.165) is 29.5 Å². The largest absolute Gasteiger partial charge is 0.266 e. The average Bonchev–Trinajstić information content (AvgIpc) is 2.79. The van der Waals surface area contributed by atoms with Crippen molar-refractivity contribution < 1.29 is 8.42 Å². The van der Waals surface area contributed by atoms with Crippen LogP contribution in [0.25, 0.3) is 0 Å². The predicted molar refractivity (Wildman–Crippen MR) is 118 cm³/mol. The highest BCUT2D eigenvalue weighted by atomic mass is 32.2. The first-order valence-electron chi connectivity index (χ1n) is 10.1. The van der Waals surface area contributed by atoms with Gasteiger partial charge in [0.1, 0.15) is 5.84 Å². The molecule has 1 aliphatic heterocycles. The van der Waals surface area contributed by atoms with Gasteiger partial charge in [0.15, 0.2) is 0 Å². The van der Waals surface area contributed by atoms with Crippen LogP contribution in [0.5, 0.6) is 0 Å². The van der Waals surface area contributed by atoms with E-state index in [9.17, 15) is 8.42 Å². The van der Waals surface area contributed by atoms with Crippen LogP contribution in [0.1, 0.15) is 44.7 Å². The molecule has 152 valence electrons. The van der Waals surface area contributed by atoms with E-state index < -0.39 is 10.0 Å². The number of rotatable bonds is 3. The van der Waals surface area contributed by atoms with E-state index in [2.05, 4.69) is 19.9 Å². The highest BCUT2D eigenvalue weighted by molar-refractivity contribution is 7.89. The molecule has 0 aromatic heterocycles. The van der Waals surface area contributed by atoms with E-state index in [-0.39, 0.29) is 11.6 Å². The van der Waals surface area contributed by atoms with Gasteiger partial charge >= 0.3 is 0 Å². The highest BCUT2D eigenvalue weighted by Crippen LogP contribution is 2.42. The number of nitrogens with zero attached hydrogens (tertiary/aromatic N) is 2. The summed E-state index contributed by atoms with van der Waals surface area (Å²) in [5.74, 6) is 0.839. The molecule has 1 aliphatic carbocycles. The van der Waals surface area contributed by atoms with Gasteiger partial charge in [-0.15, -0.1) is 0 Å². The van der Waals surface area contributed by atoms with Gasteiger partial charge in [0.25, 0.3) is 10.0 Å². The van der Waals surface area contributed by atoms with E-state index in [1.54, 1.807) is 16.4 Å². The van der Waals surface area contributed by atoms with Crippen molar-refractivity contribution in [3.05, 3.63) is 77.4 Å². The molecule has 4 rings (SSSR count). The Labute approximate surface area is 174 Å². The summed E-state index contributed by atoms with van der Waals surface area (Å²) < 4.78 is 29.4. The van der Waals surface area contributed by atoms with Gasteiger partial charge in [0, 0.05) is 5.56 Å². The molecule has 0 saturated heterocycles. The van der Waals surface area contributed by atoms with E-state index in [0.29, 0.717) is 16.6 Å². The third-order valence-corrected chi connectivity index (χ3v) is 8.07. The Morgan fingerprint density at radius 1 is 1.00 bits per heavy atom. The molecule has 2 aliphatic rings. The molecular formula is C24H28N2O2S. The van der Waals surface area contributed by atoms with Gasteiger partial charge in [-0.3, -0.25) is 4.99 Å². The summed E-state index contributed by atoms with van der Waals surface area (Å²) in [6, 6.07) is 16.6. The van der Waals surface area contributed by atoms with Crippen LogP contribution >= 0.6 is 0 Å². The van der Waals surface area contributed by atoms with Crippen molar-refractivity contribution >= 4 is 15.9 Å². The minimum Gasteiger partial charge on any atom is -0.261 e. The molecule has 0 unspecified atom stereocenters. The van der Waals surface area contributed by atoms with E-state index >= 15 is 0 Å². The van der Waals surface area contributed by atoms with Gasteiger partial charge in [-0.1, -0.05) is 59.7 Å². The number of aliphatic imine (C=N–C) groups is 1. The molecule has 1 heterocycles. The molecule has 2 aromatic rings. The molecule has 5 heteroatoms. The maximum absolute atomic E-state index is 13.9. The summed E-state index contributed by atoms with van der Waals surface area (Å²) in [7, 11) is -3.77. The fourth-order valence-electron chi connectivity index (χ4n) is 4.32. The Bertz CT molecular complexity index is 1070. The van der Waals surface area contributed by atoms with Crippen molar-refractivity contribution in [1.82, 2.24) is 4.31 Å². The second kappa shape index (κ2) is 7.13. The van der Waals surface area contributed by atoms with Crippen LogP contribution in [0, 0.1) is 12.8 Å². The van der Waals surface area contributed by atoms with Gasteiger partial charge in [-0.05, 0) is 58.6 Å². The van der Waals surface area contributed by atoms with Crippen molar-refractivity contribution in [1.29, 1.82) is 0 Å². The van der Waals surface area contributed by atoms with Crippen LogP contribution in [0.15, 0.2) is 76.1 Å². The fraction of sp³-hybridized carbons (Fsp3) is 0.375. The van der Waals surface area contributed by atoms with Gasteiger partial charge in [0.05, 0.1) is 16.5 Å². The number of hydrogen-bond donors (Lipinski definition) is 0. The minimum atomic E-state index is -3.77. The maximum atomic E-state index is 13.9. The van der Waals surface area contributed by atoms with Crippen molar-refractivity contribution in [3.63, 3.8) is 0 Å². The summed E-state index contributed by atoms with van der Waals surface area (Å²) >= 11 is 0. The third kappa shape index (κ3) is 3.52. The van der Waals surface area contributed by atoms with Crippen LogP contribution in [-0.4, -0.2) is 30.1 Å². The van der Waals surface area contributed by atoms with Crippen LogP contribution in [0.3, 0.4) is 0 Å². The first kappa shape index (κ1) is 19.9. The van der Waals surface area contributed by atoms with Gasteiger partial charge in [-0.25, -0.2) is 12.7 Å². The van der Waals surface area contributed by atoms with E-state index in [1.165, 1.54) is 0 Å². The summed E-state index contributed by atoms with van der Waals surface area (Å²) in [5.41, 5.74) is 2.61. The lowest BCUT2D eigenvalue weighted by molar-refractivity contribution is 0.273. The monoisotopic (exact) mass is 408 g/mol. The Kier molecular flexibility index (Phi) is 4.89. The molecule has 0 saturated carbocycles. The third-order valence-electron chi connectivity index (χ3n) is 6.25. The summed E-state index contributed by atoms with van der Waals surface area (Å²) in [4.78, 5) is 5.38. The number of allylic oxidation sites excluding steroid dienone is 1. The van der Waals surface area contributed by atoms with Crippen molar-refractivity contribution in [3.8, 4) is 0 Å². The molecule has 0 N–H and O–H groups in total. The first-order chi connectivity index (χ1) is 13.7. The molecule has 0 amide bonds. The zero-order valence-corrected chi connectivity index (χ0v) is 18.3. The van der Waals surface area contributed by atoms with E-state index in [1.807, 2.05) is 56.3 Å². The van der Waals surface area contributed by atoms with Crippen molar-refractivity contribution in [2.75, 3.05) is 0 Å². The zero-order chi connectivity index (χ0) is 20.8. The Morgan fingerprint density at radius 3 is 2.31 bits per heavy atom. The molecule has 2 aromatic carbocycles. The summed E-state index contributed by atoms with van der Waals surface area (Å²) in [6.45, 7) is 8.24. The lowest BCUT2D eigenvalue weighted by Crippen LogP contribution is -2.46. The maximum Gasteiger partial charge on any atom is 0.266 e. The smallest absolute Gasteiger partial charge is 0.261 e. The van der Waals surface area contributed by atoms with Gasteiger partial charge in [-0.2, -0.15) is 0 Å². The molecule has 29 heavy (non-hydrogen) atoms. The molecule has 0 radical (unpaired) electrons. The standard InChI is InChI=1S/C24H28N2O2S/c1-17-10-14-21(15-11-17)29(27,28)26-22-16-20(13-12-18(22)2)24(3,4)25-23(26)19-8-6-5-7-9-19/h5-12,14-15,20,22H,13,16H2,1-4H3/t20-,22-/m0/s1. The molecule has 4 nitrogen and oxygen atoms in total. The molecule has 2 atom stereocenters. The molecular weight excluding hydrogens is 380 g/mol. The Hall–Kier alpha value is -2.40. The quantitative estimate of drug-likeness (QED) is 0.675. The number of hydrogen-bond acceptors (Lipinski definition) is 3.